The minimum atomic E-state index is -0.366. The summed E-state index contributed by atoms with van der Waals surface area (Å²) in [6.45, 7) is 0.689. The van der Waals surface area contributed by atoms with Crippen LogP contribution in [0.4, 0.5) is 4.79 Å². The summed E-state index contributed by atoms with van der Waals surface area (Å²) in [5.41, 5.74) is 6.50. The highest BCUT2D eigenvalue weighted by molar-refractivity contribution is 8.03. The molecule has 0 spiro atoms. The Morgan fingerprint density at radius 3 is 3.25 bits per heavy atom. The van der Waals surface area contributed by atoms with Gasteiger partial charge in [-0.1, -0.05) is 0 Å². The minimum absolute atomic E-state index is 0.366. The van der Waals surface area contributed by atoms with E-state index in [1.165, 1.54) is 10.5 Å². The van der Waals surface area contributed by atoms with Gasteiger partial charge in [-0.2, -0.15) is 0 Å². The molecule has 2 heterocycles. The van der Waals surface area contributed by atoms with Crippen LogP contribution in [0.1, 0.15) is 6.42 Å². The van der Waals surface area contributed by atoms with Gasteiger partial charge in [0.15, 0.2) is 0 Å². The summed E-state index contributed by atoms with van der Waals surface area (Å²) in [7, 11) is 0. The van der Waals surface area contributed by atoms with E-state index in [4.69, 9.17) is 5.73 Å². The maximum Gasteiger partial charge on any atom is 0.319 e. The molecule has 64 valence electrons. The number of nitrogens with zero attached hydrogens (tertiary/aromatic N) is 1. The van der Waals surface area contributed by atoms with Crippen molar-refractivity contribution < 1.29 is 4.79 Å². The lowest BCUT2D eigenvalue weighted by molar-refractivity contribution is 0.227. The van der Waals surface area contributed by atoms with E-state index in [1.807, 2.05) is 17.8 Å². The topological polar surface area (TPSA) is 46.3 Å². The molecule has 3 nitrogen and oxygen atoms in total. The smallest absolute Gasteiger partial charge is 0.319 e. The lowest BCUT2D eigenvalue weighted by atomic mass is 10.1. The van der Waals surface area contributed by atoms with Crippen molar-refractivity contribution in [2.75, 3.05) is 12.3 Å². The van der Waals surface area contributed by atoms with Crippen LogP contribution in [0.25, 0.3) is 0 Å². The van der Waals surface area contributed by atoms with E-state index >= 15 is 0 Å². The predicted molar refractivity (Wildman–Crippen MR) is 49.5 cm³/mol. The van der Waals surface area contributed by atoms with Crippen LogP contribution in [-0.2, 0) is 0 Å². The molecule has 0 aromatic rings. The molecule has 2 aliphatic heterocycles. The van der Waals surface area contributed by atoms with Gasteiger partial charge < -0.3 is 5.73 Å². The van der Waals surface area contributed by atoms with Crippen molar-refractivity contribution in [2.24, 2.45) is 5.73 Å². The summed E-state index contributed by atoms with van der Waals surface area (Å²) in [5, 5.41) is 0. The molecular weight excluding hydrogens is 172 g/mol. The number of primary amides is 1. The van der Waals surface area contributed by atoms with E-state index in [-0.39, 0.29) is 6.03 Å². The molecule has 0 aromatic heterocycles. The maximum absolute atomic E-state index is 10.8. The molecule has 12 heavy (non-hydrogen) atoms. The molecule has 0 radical (unpaired) electrons. The van der Waals surface area contributed by atoms with Crippen LogP contribution in [0.2, 0.25) is 0 Å². The SMILES string of the molecule is NC(=O)N1C=CC2=C(CCS2)C1. The number of nitrogens with two attached hydrogens (primary N) is 1. The molecule has 0 aliphatic carbocycles. The Hall–Kier alpha value is -0.900. The monoisotopic (exact) mass is 182 g/mol. The van der Waals surface area contributed by atoms with Crippen LogP contribution in [0.3, 0.4) is 0 Å². The summed E-state index contributed by atoms with van der Waals surface area (Å²) in [4.78, 5) is 13.7. The van der Waals surface area contributed by atoms with Gasteiger partial charge in [0.2, 0.25) is 0 Å². The van der Waals surface area contributed by atoms with Crippen molar-refractivity contribution in [3.63, 3.8) is 0 Å². The zero-order valence-electron chi connectivity index (χ0n) is 6.62. The first-order chi connectivity index (χ1) is 5.77. The lowest BCUT2D eigenvalue weighted by Gasteiger charge is -2.20. The fraction of sp³-hybridized carbons (Fsp3) is 0.375. The molecule has 0 fully saturated rings. The number of hydrogen-bond donors (Lipinski definition) is 1. The van der Waals surface area contributed by atoms with E-state index in [1.54, 1.807) is 11.1 Å². The fourth-order valence-corrected chi connectivity index (χ4v) is 2.50. The highest BCUT2D eigenvalue weighted by Crippen LogP contribution is 2.34. The van der Waals surface area contributed by atoms with Crippen LogP contribution < -0.4 is 5.73 Å². The van der Waals surface area contributed by atoms with Gasteiger partial charge in [0.25, 0.3) is 0 Å². The molecule has 0 atom stereocenters. The van der Waals surface area contributed by atoms with E-state index in [0.717, 1.165) is 12.2 Å². The van der Waals surface area contributed by atoms with Crippen molar-refractivity contribution >= 4 is 17.8 Å². The normalized spacial score (nSPS) is 21.5. The van der Waals surface area contributed by atoms with Gasteiger partial charge in [-0.3, -0.25) is 4.90 Å². The Morgan fingerprint density at radius 1 is 1.67 bits per heavy atom. The average molecular weight is 182 g/mol. The minimum Gasteiger partial charge on any atom is -0.351 e. The Kier molecular flexibility index (Phi) is 1.84. The second-order valence-corrected chi connectivity index (χ2v) is 3.98. The molecular formula is C8H10N2OS. The zero-order valence-corrected chi connectivity index (χ0v) is 7.43. The van der Waals surface area contributed by atoms with Crippen LogP contribution >= 0.6 is 11.8 Å². The molecule has 0 aromatic carbocycles. The summed E-state index contributed by atoms with van der Waals surface area (Å²) >= 11 is 1.85. The van der Waals surface area contributed by atoms with Crippen LogP contribution in [0.5, 0.6) is 0 Å². The van der Waals surface area contributed by atoms with Crippen molar-refractivity contribution in [3.05, 3.63) is 22.8 Å². The zero-order chi connectivity index (χ0) is 8.55. The Bertz CT molecular complexity index is 283. The number of hydrogen-bond acceptors (Lipinski definition) is 2. The highest BCUT2D eigenvalue weighted by Gasteiger charge is 2.20. The summed E-state index contributed by atoms with van der Waals surface area (Å²) in [6.07, 6.45) is 4.83. The first-order valence-electron chi connectivity index (χ1n) is 3.86. The number of amides is 2. The van der Waals surface area contributed by atoms with Crippen molar-refractivity contribution in [1.29, 1.82) is 0 Å². The standard InChI is InChI=1S/C8H10N2OS/c9-8(11)10-3-1-7-6(5-10)2-4-12-7/h1,3H,2,4-5H2,(H2,9,11). The van der Waals surface area contributed by atoms with Crippen molar-refractivity contribution in [2.45, 2.75) is 6.42 Å². The molecule has 4 heteroatoms. The van der Waals surface area contributed by atoms with Crippen LogP contribution in [0.15, 0.2) is 22.8 Å². The van der Waals surface area contributed by atoms with Crippen LogP contribution in [-0.4, -0.2) is 23.2 Å². The van der Waals surface area contributed by atoms with Crippen molar-refractivity contribution in [1.82, 2.24) is 4.90 Å². The highest BCUT2D eigenvalue weighted by atomic mass is 32.2. The van der Waals surface area contributed by atoms with Gasteiger partial charge in [-0.15, -0.1) is 11.8 Å². The molecule has 0 unspecified atom stereocenters. The van der Waals surface area contributed by atoms with Gasteiger partial charge >= 0.3 is 6.03 Å². The quantitative estimate of drug-likeness (QED) is 0.613. The molecule has 0 bridgehead atoms. The molecule has 2 N–H and O–H groups in total. The third-order valence-corrected chi connectivity index (χ3v) is 3.20. The first-order valence-corrected chi connectivity index (χ1v) is 4.85. The maximum atomic E-state index is 10.8. The van der Waals surface area contributed by atoms with Gasteiger partial charge in [0.1, 0.15) is 0 Å². The van der Waals surface area contributed by atoms with E-state index in [0.29, 0.717) is 6.54 Å². The second kappa shape index (κ2) is 2.86. The Morgan fingerprint density at radius 2 is 2.50 bits per heavy atom. The van der Waals surface area contributed by atoms with E-state index < -0.39 is 0 Å². The first kappa shape index (κ1) is 7.73. The molecule has 2 amide bonds. The third-order valence-electron chi connectivity index (χ3n) is 2.06. The van der Waals surface area contributed by atoms with Gasteiger partial charge in [0, 0.05) is 23.4 Å². The second-order valence-electron chi connectivity index (χ2n) is 2.85. The number of allylic oxidation sites excluding steroid dienone is 1. The number of urea groups is 1. The number of carbonyl (C=O) groups excluding carboxylic acids is 1. The number of rotatable bonds is 0. The summed E-state index contributed by atoms with van der Waals surface area (Å²) in [6, 6.07) is -0.366. The van der Waals surface area contributed by atoms with Gasteiger partial charge in [-0.25, -0.2) is 4.79 Å². The van der Waals surface area contributed by atoms with E-state index in [2.05, 4.69) is 0 Å². The number of thioether (sulfide) groups is 1. The summed E-state index contributed by atoms with van der Waals surface area (Å²) < 4.78 is 0. The molecule has 2 aliphatic rings. The molecule has 2 rings (SSSR count). The molecule has 0 saturated heterocycles. The Balaban J connectivity index is 2.15. The fourth-order valence-electron chi connectivity index (χ4n) is 1.40. The van der Waals surface area contributed by atoms with Gasteiger partial charge in [0.05, 0.1) is 0 Å². The lowest BCUT2D eigenvalue weighted by Crippen LogP contribution is -2.33. The third kappa shape index (κ3) is 1.22. The Labute approximate surface area is 75.3 Å². The predicted octanol–water partition coefficient (Wildman–Crippen LogP) is 1.29. The van der Waals surface area contributed by atoms with Crippen LogP contribution in [0, 0.1) is 0 Å². The molecule has 0 saturated carbocycles. The number of carbonyl (C=O) groups is 1. The average Bonchev–Trinajstić information content (AvgIpc) is 2.49. The van der Waals surface area contributed by atoms with Gasteiger partial charge in [-0.05, 0) is 18.1 Å². The van der Waals surface area contributed by atoms with Crippen molar-refractivity contribution in [3.8, 4) is 0 Å². The largest absolute Gasteiger partial charge is 0.351 e. The van der Waals surface area contributed by atoms with E-state index in [9.17, 15) is 4.79 Å². The summed E-state index contributed by atoms with van der Waals surface area (Å²) in [5.74, 6) is 1.14.